The maximum Gasteiger partial charge on any atom is 3.00 e. The first-order valence-electron chi connectivity index (χ1n) is 5.63. The molecule has 0 heterocycles. The van der Waals surface area contributed by atoms with E-state index < -0.39 is 0 Å². The van der Waals surface area contributed by atoms with E-state index in [2.05, 4.69) is 52.8 Å². The van der Waals surface area contributed by atoms with Crippen molar-refractivity contribution in [1.82, 2.24) is 0 Å². The zero-order valence-electron chi connectivity index (χ0n) is 11.6. The van der Waals surface area contributed by atoms with Gasteiger partial charge in [-0.2, -0.15) is 11.6 Å². The van der Waals surface area contributed by atoms with Crippen molar-refractivity contribution >= 4 is 0 Å². The van der Waals surface area contributed by atoms with Crippen molar-refractivity contribution in [3.8, 4) is 0 Å². The third-order valence-electron chi connectivity index (χ3n) is 4.08. The fourth-order valence-electron chi connectivity index (χ4n) is 2.77. The second kappa shape index (κ2) is 7.27. The Hall–Kier alpha value is 0.423. The summed E-state index contributed by atoms with van der Waals surface area (Å²) < 4.78 is 0. The largest absolute Gasteiger partial charge is 3.00 e. The Labute approximate surface area is 143 Å². The van der Waals surface area contributed by atoms with Crippen LogP contribution in [0.15, 0.2) is 40.0 Å². The van der Waals surface area contributed by atoms with Crippen LogP contribution in [0.2, 0.25) is 0 Å². The summed E-state index contributed by atoms with van der Waals surface area (Å²) in [6.45, 7) is 11.2. The van der Waals surface area contributed by atoms with Crippen LogP contribution in [0.3, 0.4) is 0 Å². The summed E-state index contributed by atoms with van der Waals surface area (Å²) in [5.41, 5.74) is 7.29. The maximum absolute atomic E-state index is 3.39. The SMILES string of the molecule is CC1=[C-]CC=C1C1(C)C=C(C)C(C)=C1C.[Cl-].[Cl-].[Zr+3]. The van der Waals surface area contributed by atoms with Crippen molar-refractivity contribution in [3.63, 3.8) is 0 Å². The summed E-state index contributed by atoms with van der Waals surface area (Å²) in [6.07, 6.45) is 9.10. The van der Waals surface area contributed by atoms with Crippen LogP contribution in [0.4, 0.5) is 0 Å². The quantitative estimate of drug-likeness (QED) is 0.493. The molecule has 0 bridgehead atoms. The van der Waals surface area contributed by atoms with E-state index in [1.807, 2.05) is 0 Å². The van der Waals surface area contributed by atoms with Crippen LogP contribution in [-0.4, -0.2) is 0 Å². The van der Waals surface area contributed by atoms with Gasteiger partial charge in [-0.05, 0) is 31.8 Å². The molecule has 0 saturated carbocycles. The van der Waals surface area contributed by atoms with Gasteiger partial charge in [0.15, 0.2) is 0 Å². The molecule has 0 nitrogen and oxygen atoms in total. The first kappa shape index (κ1) is 20.7. The Morgan fingerprint density at radius 3 is 2.00 bits per heavy atom. The van der Waals surface area contributed by atoms with Gasteiger partial charge in [0, 0.05) is 0 Å². The molecule has 2 aliphatic rings. The molecule has 18 heavy (non-hydrogen) atoms. The molecule has 0 aromatic carbocycles. The number of rotatable bonds is 1. The van der Waals surface area contributed by atoms with Crippen molar-refractivity contribution in [2.75, 3.05) is 0 Å². The van der Waals surface area contributed by atoms with E-state index in [9.17, 15) is 0 Å². The number of halogens is 2. The Morgan fingerprint density at radius 2 is 1.67 bits per heavy atom. The molecule has 2 aliphatic carbocycles. The summed E-state index contributed by atoms with van der Waals surface area (Å²) in [7, 11) is 0. The molecular weight excluding hydrogens is 342 g/mol. The first-order chi connectivity index (χ1) is 6.97. The second-order valence-corrected chi connectivity index (χ2v) is 4.90. The zero-order chi connectivity index (χ0) is 11.2. The van der Waals surface area contributed by atoms with Crippen molar-refractivity contribution in [1.29, 1.82) is 0 Å². The van der Waals surface area contributed by atoms with Gasteiger partial charge < -0.3 is 24.8 Å². The van der Waals surface area contributed by atoms with Gasteiger partial charge in [-0.15, -0.1) is 6.42 Å². The molecule has 3 heteroatoms. The Morgan fingerprint density at radius 1 is 1.11 bits per heavy atom. The summed E-state index contributed by atoms with van der Waals surface area (Å²) in [4.78, 5) is 0. The van der Waals surface area contributed by atoms with Crippen LogP contribution in [0.1, 0.15) is 41.0 Å². The zero-order valence-corrected chi connectivity index (χ0v) is 15.6. The van der Waals surface area contributed by atoms with E-state index >= 15 is 0 Å². The number of allylic oxidation sites excluding steroid dienone is 8. The summed E-state index contributed by atoms with van der Waals surface area (Å²) in [5, 5.41) is 0. The normalized spacial score (nSPS) is 25.5. The average Bonchev–Trinajstić information content (AvgIpc) is 2.68. The molecule has 0 spiro atoms. The van der Waals surface area contributed by atoms with Crippen molar-refractivity contribution in [2.24, 2.45) is 5.41 Å². The molecule has 1 atom stereocenters. The van der Waals surface area contributed by atoms with Gasteiger partial charge in [0.25, 0.3) is 0 Å². The molecule has 1 radical (unpaired) electrons. The Kier molecular flexibility index (Phi) is 8.38. The summed E-state index contributed by atoms with van der Waals surface area (Å²) >= 11 is 0. The number of hydrogen-bond donors (Lipinski definition) is 0. The van der Waals surface area contributed by atoms with Gasteiger partial charge in [-0.25, -0.2) is 5.57 Å². The molecule has 0 aromatic rings. The predicted molar refractivity (Wildman–Crippen MR) is 65.4 cm³/mol. The van der Waals surface area contributed by atoms with E-state index in [0.717, 1.165) is 6.42 Å². The van der Waals surface area contributed by atoms with Crippen LogP contribution in [-0.2, 0) is 26.2 Å². The monoisotopic (exact) mass is 359 g/mol. The van der Waals surface area contributed by atoms with Crippen molar-refractivity contribution < 1.29 is 51.0 Å². The van der Waals surface area contributed by atoms with Crippen molar-refractivity contribution in [3.05, 3.63) is 46.1 Å². The molecule has 2 rings (SSSR count). The molecule has 0 saturated heterocycles. The third-order valence-corrected chi connectivity index (χ3v) is 4.08. The van der Waals surface area contributed by atoms with Gasteiger partial charge in [0.1, 0.15) is 0 Å². The smallest absolute Gasteiger partial charge is 1.00 e. The molecule has 0 aliphatic heterocycles. The molecule has 0 aromatic heterocycles. The van der Waals surface area contributed by atoms with Gasteiger partial charge in [0.2, 0.25) is 0 Å². The minimum Gasteiger partial charge on any atom is -1.00 e. The van der Waals surface area contributed by atoms with E-state index in [1.165, 1.54) is 27.9 Å². The van der Waals surface area contributed by atoms with E-state index in [1.54, 1.807) is 0 Å². The summed E-state index contributed by atoms with van der Waals surface area (Å²) in [5.74, 6) is 0. The minimum atomic E-state index is 0. The van der Waals surface area contributed by atoms with Gasteiger partial charge in [0.05, 0.1) is 0 Å². The van der Waals surface area contributed by atoms with E-state index in [4.69, 9.17) is 0 Å². The minimum absolute atomic E-state index is 0. The van der Waals surface area contributed by atoms with E-state index in [-0.39, 0.29) is 56.4 Å². The van der Waals surface area contributed by atoms with Crippen LogP contribution < -0.4 is 24.8 Å². The summed E-state index contributed by atoms with van der Waals surface area (Å²) in [6, 6.07) is 0. The van der Waals surface area contributed by atoms with Gasteiger partial charge >= 0.3 is 26.2 Å². The van der Waals surface area contributed by atoms with Crippen LogP contribution in [0.25, 0.3) is 0 Å². The second-order valence-electron chi connectivity index (χ2n) is 4.90. The first-order valence-corrected chi connectivity index (χ1v) is 5.63. The molecule has 0 amide bonds. The molecular formula is C15H19Cl2Zr. The van der Waals surface area contributed by atoms with E-state index in [0.29, 0.717) is 0 Å². The number of hydrogen-bond acceptors (Lipinski definition) is 0. The predicted octanol–water partition coefficient (Wildman–Crippen LogP) is -1.63. The molecule has 97 valence electrons. The van der Waals surface area contributed by atoms with Gasteiger partial charge in [-0.3, -0.25) is 6.08 Å². The van der Waals surface area contributed by atoms with Crippen LogP contribution >= 0.6 is 0 Å². The topological polar surface area (TPSA) is 0 Å². The maximum atomic E-state index is 3.39. The fourth-order valence-corrected chi connectivity index (χ4v) is 2.77. The molecule has 0 N–H and O–H groups in total. The molecule has 1 unspecified atom stereocenters. The Bertz CT molecular complexity index is 441. The van der Waals surface area contributed by atoms with Gasteiger partial charge in [-0.1, -0.05) is 31.1 Å². The average molecular weight is 361 g/mol. The van der Waals surface area contributed by atoms with Crippen LogP contribution in [0.5, 0.6) is 0 Å². The van der Waals surface area contributed by atoms with Crippen molar-refractivity contribution in [2.45, 2.75) is 41.0 Å². The molecule has 0 fully saturated rings. The van der Waals surface area contributed by atoms with Crippen LogP contribution in [0, 0.1) is 11.5 Å². The fraction of sp³-hybridized carbons (Fsp3) is 0.467. The Balaban J connectivity index is 0. The standard InChI is InChI=1S/C15H19.2ClH.Zr/c1-10-7-6-8-14(10)15(5)9-11(2)12(3)13(15)4;;;/h8-9H,6H2,1-5H3;2*1H;/q-1;;;+3/p-2. The third kappa shape index (κ3) is 3.11.